The first kappa shape index (κ1) is 12.1. The van der Waals surface area contributed by atoms with E-state index in [1.165, 1.54) is 0 Å². The maximum Gasteiger partial charge on any atom is 0.253 e. The third-order valence-corrected chi connectivity index (χ3v) is 2.65. The predicted molar refractivity (Wildman–Crippen MR) is 68.3 cm³/mol. The minimum absolute atomic E-state index is 0.0970. The zero-order valence-electron chi connectivity index (χ0n) is 10.3. The quantitative estimate of drug-likeness (QED) is 0.759. The van der Waals surface area contributed by atoms with Crippen molar-refractivity contribution in [3.05, 3.63) is 41.9 Å². The summed E-state index contributed by atoms with van der Waals surface area (Å²) in [7, 11) is 1.78. The van der Waals surface area contributed by atoms with Gasteiger partial charge in [0, 0.05) is 25.0 Å². The van der Waals surface area contributed by atoms with Crippen molar-refractivity contribution in [3.8, 4) is 0 Å². The van der Waals surface area contributed by atoms with Gasteiger partial charge in [0.1, 0.15) is 5.82 Å². The van der Waals surface area contributed by atoms with Crippen LogP contribution in [0.3, 0.4) is 0 Å². The van der Waals surface area contributed by atoms with Crippen molar-refractivity contribution in [1.82, 2.24) is 20.5 Å². The van der Waals surface area contributed by atoms with Gasteiger partial charge in [-0.05, 0) is 19.1 Å². The Balaban J connectivity index is 2.03. The van der Waals surface area contributed by atoms with Crippen molar-refractivity contribution < 1.29 is 4.79 Å². The number of H-pyrrole nitrogens is 1. The molecule has 1 amide bonds. The van der Waals surface area contributed by atoms with Gasteiger partial charge in [-0.2, -0.15) is 5.10 Å². The second-order valence-corrected chi connectivity index (χ2v) is 3.91. The van der Waals surface area contributed by atoms with Crippen LogP contribution in [0.1, 0.15) is 28.9 Å². The van der Waals surface area contributed by atoms with Crippen LogP contribution in [0.4, 0.5) is 5.82 Å². The van der Waals surface area contributed by atoms with E-state index in [0.29, 0.717) is 5.56 Å². The zero-order valence-corrected chi connectivity index (χ0v) is 10.3. The molecule has 0 bridgehead atoms. The topological polar surface area (TPSA) is 82.7 Å². The van der Waals surface area contributed by atoms with Crippen LogP contribution in [0.15, 0.2) is 30.7 Å². The van der Waals surface area contributed by atoms with Crippen molar-refractivity contribution in [1.29, 1.82) is 0 Å². The van der Waals surface area contributed by atoms with Crippen molar-refractivity contribution in [2.45, 2.75) is 13.0 Å². The molecule has 0 fully saturated rings. The molecule has 0 saturated heterocycles. The molecule has 6 nitrogen and oxygen atoms in total. The smallest absolute Gasteiger partial charge is 0.253 e. The summed E-state index contributed by atoms with van der Waals surface area (Å²) < 4.78 is 0. The molecular weight excluding hydrogens is 230 g/mol. The number of anilines is 1. The van der Waals surface area contributed by atoms with Crippen molar-refractivity contribution in [3.63, 3.8) is 0 Å². The highest BCUT2D eigenvalue weighted by Gasteiger charge is 2.12. The Morgan fingerprint density at radius 3 is 2.78 bits per heavy atom. The zero-order chi connectivity index (χ0) is 13.0. The SMILES string of the molecule is CNc1ccc(C(=O)NC(C)c2cn[nH]c2)cn1. The summed E-state index contributed by atoms with van der Waals surface area (Å²) in [6.07, 6.45) is 4.99. The first-order valence-corrected chi connectivity index (χ1v) is 5.64. The van der Waals surface area contributed by atoms with Gasteiger partial charge in [0.05, 0.1) is 17.8 Å². The Bertz CT molecular complexity index is 506. The molecule has 2 aromatic rings. The highest BCUT2D eigenvalue weighted by Crippen LogP contribution is 2.11. The lowest BCUT2D eigenvalue weighted by Crippen LogP contribution is -2.26. The number of nitrogens with one attached hydrogen (secondary N) is 3. The monoisotopic (exact) mass is 245 g/mol. The summed E-state index contributed by atoms with van der Waals surface area (Å²) in [6, 6.07) is 3.40. The molecule has 0 aliphatic heterocycles. The number of rotatable bonds is 4. The summed E-state index contributed by atoms with van der Waals surface area (Å²) >= 11 is 0. The van der Waals surface area contributed by atoms with Gasteiger partial charge in [-0.3, -0.25) is 9.89 Å². The highest BCUT2D eigenvalue weighted by molar-refractivity contribution is 5.94. The Morgan fingerprint density at radius 1 is 1.39 bits per heavy atom. The van der Waals surface area contributed by atoms with Crippen LogP contribution < -0.4 is 10.6 Å². The van der Waals surface area contributed by atoms with Gasteiger partial charge in [-0.15, -0.1) is 0 Å². The average molecular weight is 245 g/mol. The molecule has 2 rings (SSSR count). The van der Waals surface area contributed by atoms with E-state index in [1.807, 2.05) is 6.92 Å². The average Bonchev–Trinajstić information content (AvgIpc) is 2.92. The van der Waals surface area contributed by atoms with Crippen molar-refractivity contribution in [2.75, 3.05) is 12.4 Å². The molecule has 94 valence electrons. The number of nitrogens with zero attached hydrogens (tertiary/aromatic N) is 2. The fourth-order valence-corrected chi connectivity index (χ4v) is 1.54. The van der Waals surface area contributed by atoms with Crippen LogP contribution in [-0.4, -0.2) is 28.1 Å². The first-order chi connectivity index (χ1) is 8.70. The van der Waals surface area contributed by atoms with E-state index in [4.69, 9.17) is 0 Å². The van der Waals surface area contributed by atoms with Crippen LogP contribution >= 0.6 is 0 Å². The van der Waals surface area contributed by atoms with Crippen LogP contribution in [-0.2, 0) is 0 Å². The number of hydrogen-bond donors (Lipinski definition) is 3. The van der Waals surface area contributed by atoms with Gasteiger partial charge in [0.25, 0.3) is 5.91 Å². The standard InChI is InChI=1S/C12H15N5O/c1-8(10-6-15-16-7-10)17-12(18)9-3-4-11(13-2)14-5-9/h3-8H,1-2H3,(H,13,14)(H,15,16)(H,17,18). The van der Waals surface area contributed by atoms with Gasteiger partial charge in [-0.1, -0.05) is 0 Å². The van der Waals surface area contributed by atoms with E-state index in [0.717, 1.165) is 11.4 Å². The molecule has 2 aromatic heterocycles. The lowest BCUT2D eigenvalue weighted by molar-refractivity contribution is 0.0939. The fraction of sp³-hybridized carbons (Fsp3) is 0.250. The van der Waals surface area contributed by atoms with Gasteiger partial charge < -0.3 is 10.6 Å². The molecular formula is C12H15N5O. The van der Waals surface area contributed by atoms with E-state index in [9.17, 15) is 4.79 Å². The summed E-state index contributed by atoms with van der Waals surface area (Å²) in [4.78, 5) is 16.0. The largest absolute Gasteiger partial charge is 0.373 e. The Kier molecular flexibility index (Phi) is 3.57. The van der Waals surface area contributed by atoms with Crippen LogP contribution in [0.2, 0.25) is 0 Å². The van der Waals surface area contributed by atoms with E-state index in [1.54, 1.807) is 37.8 Å². The van der Waals surface area contributed by atoms with Crippen molar-refractivity contribution in [2.24, 2.45) is 0 Å². The second-order valence-electron chi connectivity index (χ2n) is 3.91. The van der Waals surface area contributed by atoms with Crippen LogP contribution in [0.5, 0.6) is 0 Å². The second kappa shape index (κ2) is 5.31. The van der Waals surface area contributed by atoms with Gasteiger partial charge >= 0.3 is 0 Å². The normalized spacial score (nSPS) is 11.9. The molecule has 0 aliphatic rings. The lowest BCUT2D eigenvalue weighted by atomic mass is 10.1. The molecule has 3 N–H and O–H groups in total. The number of amides is 1. The highest BCUT2D eigenvalue weighted by atomic mass is 16.1. The molecule has 1 atom stereocenters. The molecule has 0 radical (unpaired) electrons. The number of pyridine rings is 1. The van der Waals surface area contributed by atoms with Crippen LogP contribution in [0, 0.1) is 0 Å². The number of aromatic amines is 1. The summed E-state index contributed by atoms with van der Waals surface area (Å²) in [5, 5.41) is 12.3. The first-order valence-electron chi connectivity index (χ1n) is 5.64. The number of hydrogen-bond acceptors (Lipinski definition) is 4. The molecule has 18 heavy (non-hydrogen) atoms. The molecule has 1 unspecified atom stereocenters. The Morgan fingerprint density at radius 2 is 2.22 bits per heavy atom. The molecule has 0 aromatic carbocycles. The molecule has 0 saturated carbocycles. The van der Waals surface area contributed by atoms with E-state index >= 15 is 0 Å². The Labute approximate surface area is 105 Å². The third-order valence-electron chi connectivity index (χ3n) is 2.65. The fourth-order valence-electron chi connectivity index (χ4n) is 1.54. The summed E-state index contributed by atoms with van der Waals surface area (Å²) in [6.45, 7) is 1.90. The maximum atomic E-state index is 11.9. The maximum absolute atomic E-state index is 11.9. The van der Waals surface area contributed by atoms with E-state index in [2.05, 4.69) is 25.8 Å². The number of carbonyl (C=O) groups excluding carboxylic acids is 1. The summed E-state index contributed by atoms with van der Waals surface area (Å²) in [5.41, 5.74) is 1.47. The van der Waals surface area contributed by atoms with Crippen molar-refractivity contribution >= 4 is 11.7 Å². The summed E-state index contributed by atoms with van der Waals surface area (Å²) in [5.74, 6) is 0.577. The van der Waals surface area contributed by atoms with Gasteiger partial charge in [0.2, 0.25) is 0 Å². The van der Waals surface area contributed by atoms with Gasteiger partial charge in [-0.25, -0.2) is 4.98 Å². The third kappa shape index (κ3) is 2.65. The Hall–Kier alpha value is -2.37. The van der Waals surface area contributed by atoms with E-state index < -0.39 is 0 Å². The van der Waals surface area contributed by atoms with Crippen LogP contribution in [0.25, 0.3) is 0 Å². The predicted octanol–water partition coefficient (Wildman–Crippen LogP) is 1.34. The number of aromatic nitrogens is 3. The van der Waals surface area contributed by atoms with Gasteiger partial charge in [0.15, 0.2) is 0 Å². The molecule has 0 aliphatic carbocycles. The van der Waals surface area contributed by atoms with E-state index in [-0.39, 0.29) is 11.9 Å². The number of carbonyl (C=O) groups is 1. The molecule has 2 heterocycles. The lowest BCUT2D eigenvalue weighted by Gasteiger charge is -2.11. The molecule has 0 spiro atoms. The molecule has 6 heteroatoms. The minimum atomic E-state index is -0.154. The minimum Gasteiger partial charge on any atom is -0.373 e.